The fraction of sp³-hybridized carbons (Fsp3) is 0.600. The van der Waals surface area contributed by atoms with Gasteiger partial charge in [-0.3, -0.25) is 9.89 Å². The van der Waals surface area contributed by atoms with Crippen molar-refractivity contribution in [2.24, 2.45) is 4.99 Å². The Balaban J connectivity index is 0.00000280. The van der Waals surface area contributed by atoms with Crippen LogP contribution >= 0.6 is 24.0 Å². The van der Waals surface area contributed by atoms with Gasteiger partial charge in [-0.15, -0.1) is 24.0 Å². The van der Waals surface area contributed by atoms with Gasteiger partial charge >= 0.3 is 0 Å². The van der Waals surface area contributed by atoms with E-state index in [1.807, 2.05) is 25.1 Å². The number of guanidine groups is 1. The van der Waals surface area contributed by atoms with Gasteiger partial charge in [0, 0.05) is 58.3 Å². The van der Waals surface area contributed by atoms with Crippen LogP contribution in [0.15, 0.2) is 38.4 Å². The van der Waals surface area contributed by atoms with Gasteiger partial charge in [0.05, 0.1) is 12.0 Å². The first-order valence-electron chi connectivity index (χ1n) is 9.95. The highest BCUT2D eigenvalue weighted by molar-refractivity contribution is 14.0. The van der Waals surface area contributed by atoms with Crippen molar-refractivity contribution in [2.45, 2.75) is 39.7 Å². The number of halogens is 1. The molecule has 7 nitrogen and oxygen atoms in total. The normalized spacial score (nSPS) is 15.5. The van der Waals surface area contributed by atoms with E-state index in [4.69, 9.17) is 13.9 Å². The second-order valence-electron chi connectivity index (χ2n) is 7.01. The highest BCUT2D eigenvalue weighted by atomic mass is 127. The fourth-order valence-electron chi connectivity index (χ4n) is 3.20. The Hall–Kier alpha value is -1.55. The van der Waals surface area contributed by atoms with Gasteiger partial charge in [-0.1, -0.05) is 18.5 Å². The smallest absolute Gasteiger partial charge is 0.194 e. The molecule has 0 atom stereocenters. The maximum absolute atomic E-state index is 5.42. The summed E-state index contributed by atoms with van der Waals surface area (Å²) in [6.07, 6.45) is 4.87. The van der Waals surface area contributed by atoms with Crippen LogP contribution in [0.3, 0.4) is 0 Å². The Morgan fingerprint density at radius 2 is 2.11 bits per heavy atom. The molecule has 0 aromatic carbocycles. The molecule has 3 rings (SSSR count). The molecule has 0 unspecified atom stereocenters. The minimum Gasteiger partial charge on any atom is -0.469 e. The van der Waals surface area contributed by atoms with Crippen LogP contribution < -0.4 is 5.32 Å². The molecule has 156 valence electrons. The Labute approximate surface area is 184 Å². The molecule has 2 aromatic heterocycles. The van der Waals surface area contributed by atoms with Crippen LogP contribution in [-0.2, 0) is 13.0 Å². The van der Waals surface area contributed by atoms with Crippen LogP contribution in [0.4, 0.5) is 0 Å². The molecule has 1 N–H and O–H groups in total. The molecule has 1 aliphatic heterocycles. The van der Waals surface area contributed by atoms with E-state index in [9.17, 15) is 0 Å². The second kappa shape index (κ2) is 12.1. The third-order valence-electron chi connectivity index (χ3n) is 4.74. The van der Waals surface area contributed by atoms with Crippen LogP contribution in [0.1, 0.15) is 37.0 Å². The summed E-state index contributed by atoms with van der Waals surface area (Å²) in [7, 11) is 0. The third-order valence-corrected chi connectivity index (χ3v) is 4.74. The van der Waals surface area contributed by atoms with Crippen molar-refractivity contribution in [3.63, 3.8) is 0 Å². The number of nitrogens with zero attached hydrogens (tertiary/aromatic N) is 4. The van der Waals surface area contributed by atoms with Gasteiger partial charge in [0.1, 0.15) is 11.5 Å². The quantitative estimate of drug-likeness (QED) is 0.259. The van der Waals surface area contributed by atoms with Crippen molar-refractivity contribution < 1.29 is 8.94 Å². The summed E-state index contributed by atoms with van der Waals surface area (Å²) in [5.41, 5.74) is 1.01. The van der Waals surface area contributed by atoms with Crippen LogP contribution in [0.5, 0.6) is 0 Å². The number of piperazine rings is 1. The van der Waals surface area contributed by atoms with Gasteiger partial charge in [-0.2, -0.15) is 0 Å². The van der Waals surface area contributed by atoms with E-state index in [1.54, 1.807) is 6.26 Å². The number of nitrogens with one attached hydrogen (secondary N) is 1. The molecular formula is C20H32IN5O2. The molecule has 8 heteroatoms. The first kappa shape index (κ1) is 22.7. The highest BCUT2D eigenvalue weighted by Crippen LogP contribution is 2.09. The van der Waals surface area contributed by atoms with Crippen molar-refractivity contribution in [3.05, 3.63) is 41.7 Å². The molecular weight excluding hydrogens is 469 g/mol. The van der Waals surface area contributed by atoms with Crippen molar-refractivity contribution in [1.82, 2.24) is 20.3 Å². The number of aryl methyl sites for hydroxylation is 1. The van der Waals surface area contributed by atoms with E-state index in [0.29, 0.717) is 0 Å². The van der Waals surface area contributed by atoms with E-state index < -0.39 is 0 Å². The number of hydrogen-bond donors (Lipinski definition) is 1. The summed E-state index contributed by atoms with van der Waals surface area (Å²) in [6, 6.07) is 5.96. The summed E-state index contributed by atoms with van der Waals surface area (Å²) >= 11 is 0. The predicted molar refractivity (Wildman–Crippen MR) is 121 cm³/mol. The van der Waals surface area contributed by atoms with Gasteiger partial charge in [0.25, 0.3) is 0 Å². The molecule has 0 bridgehead atoms. The largest absolute Gasteiger partial charge is 0.469 e. The van der Waals surface area contributed by atoms with Crippen molar-refractivity contribution in [3.8, 4) is 0 Å². The molecule has 28 heavy (non-hydrogen) atoms. The SMILES string of the molecule is CCCCN=C(NCCc1ccco1)N1CCN(Cc2cc(C)on2)CC1.I. The van der Waals surface area contributed by atoms with Crippen LogP contribution in [-0.4, -0.2) is 60.2 Å². The molecule has 1 aliphatic rings. The first-order valence-corrected chi connectivity index (χ1v) is 9.95. The number of aliphatic imine (C=N–C) groups is 1. The Bertz CT molecular complexity index is 693. The van der Waals surface area contributed by atoms with Crippen LogP contribution in [0, 0.1) is 6.92 Å². The number of furan rings is 1. The molecule has 0 saturated carbocycles. The van der Waals surface area contributed by atoms with E-state index in [2.05, 4.69) is 27.2 Å². The van der Waals surface area contributed by atoms with Crippen LogP contribution in [0.25, 0.3) is 0 Å². The second-order valence-corrected chi connectivity index (χ2v) is 7.01. The summed E-state index contributed by atoms with van der Waals surface area (Å²) in [4.78, 5) is 9.60. The minimum absolute atomic E-state index is 0. The average molecular weight is 501 g/mol. The van der Waals surface area contributed by atoms with Crippen molar-refractivity contribution >= 4 is 29.9 Å². The lowest BCUT2D eigenvalue weighted by Gasteiger charge is -2.36. The highest BCUT2D eigenvalue weighted by Gasteiger charge is 2.20. The minimum atomic E-state index is 0. The summed E-state index contributed by atoms with van der Waals surface area (Å²) in [5.74, 6) is 2.89. The molecule has 1 fully saturated rings. The zero-order chi connectivity index (χ0) is 18.9. The number of hydrogen-bond acceptors (Lipinski definition) is 5. The van der Waals surface area contributed by atoms with Crippen LogP contribution in [0.2, 0.25) is 0 Å². The standard InChI is InChI=1S/C20H31N5O2.HI/c1-3-4-8-21-20(22-9-7-19-6-5-14-26-19)25-12-10-24(11-13-25)16-18-15-17(2)27-23-18;/h5-6,14-15H,3-4,7-13,16H2,1-2H3,(H,21,22);1H. The van der Waals surface area contributed by atoms with Gasteiger partial charge in [-0.25, -0.2) is 0 Å². The molecule has 0 spiro atoms. The Morgan fingerprint density at radius 3 is 2.75 bits per heavy atom. The number of rotatable bonds is 8. The fourth-order valence-corrected chi connectivity index (χ4v) is 3.20. The van der Waals surface area contributed by atoms with Gasteiger partial charge < -0.3 is 19.2 Å². The van der Waals surface area contributed by atoms with Crippen molar-refractivity contribution in [1.29, 1.82) is 0 Å². The zero-order valence-electron chi connectivity index (χ0n) is 16.9. The van der Waals surface area contributed by atoms with Gasteiger partial charge in [0.2, 0.25) is 0 Å². The predicted octanol–water partition coefficient (Wildman–Crippen LogP) is 3.30. The lowest BCUT2D eigenvalue weighted by Crippen LogP contribution is -2.52. The van der Waals surface area contributed by atoms with Crippen molar-refractivity contribution in [2.75, 3.05) is 39.3 Å². The number of aromatic nitrogens is 1. The summed E-state index contributed by atoms with van der Waals surface area (Å²) < 4.78 is 10.6. The van der Waals surface area contributed by atoms with Gasteiger partial charge in [0.15, 0.2) is 5.96 Å². The molecule has 2 aromatic rings. The molecule has 0 aliphatic carbocycles. The Morgan fingerprint density at radius 1 is 1.29 bits per heavy atom. The average Bonchev–Trinajstić information content (AvgIpc) is 3.33. The van der Waals surface area contributed by atoms with E-state index in [0.717, 1.165) is 88.2 Å². The van der Waals surface area contributed by atoms with Gasteiger partial charge in [-0.05, 0) is 25.5 Å². The van der Waals surface area contributed by atoms with E-state index >= 15 is 0 Å². The summed E-state index contributed by atoms with van der Waals surface area (Å²) in [5, 5.41) is 7.63. The van der Waals surface area contributed by atoms with E-state index in [1.165, 1.54) is 0 Å². The molecule has 3 heterocycles. The lowest BCUT2D eigenvalue weighted by molar-refractivity contribution is 0.169. The zero-order valence-corrected chi connectivity index (χ0v) is 19.2. The molecule has 0 amide bonds. The Kier molecular flexibility index (Phi) is 9.83. The number of unbranched alkanes of at least 4 members (excludes halogenated alkanes) is 1. The molecule has 0 radical (unpaired) electrons. The van der Waals surface area contributed by atoms with E-state index in [-0.39, 0.29) is 24.0 Å². The summed E-state index contributed by atoms with van der Waals surface area (Å²) in [6.45, 7) is 10.6. The first-order chi connectivity index (χ1) is 13.2. The topological polar surface area (TPSA) is 70.0 Å². The monoisotopic (exact) mass is 501 g/mol. The maximum atomic E-state index is 5.42. The third kappa shape index (κ3) is 7.12. The molecule has 1 saturated heterocycles. The lowest BCUT2D eigenvalue weighted by atomic mass is 10.3. The maximum Gasteiger partial charge on any atom is 0.194 e.